The number of methoxy groups -OCH3 is 1. The number of hydrogen-bond acceptors (Lipinski definition) is 5. The van der Waals surface area contributed by atoms with Crippen molar-refractivity contribution in [2.75, 3.05) is 26.0 Å². The SMILES string of the molecule is COc1ccc(-c2csc(CN(C)CC(=O)Nc3c(C)cc(C)cc3C)n2)cc1. The van der Waals surface area contributed by atoms with E-state index in [-0.39, 0.29) is 5.91 Å². The average molecular weight is 410 g/mol. The van der Waals surface area contributed by atoms with Gasteiger partial charge in [-0.3, -0.25) is 9.69 Å². The molecule has 1 aromatic heterocycles. The Morgan fingerprint density at radius 2 is 1.79 bits per heavy atom. The van der Waals surface area contributed by atoms with Crippen LogP contribution in [-0.4, -0.2) is 36.5 Å². The normalized spacial score (nSPS) is 11.0. The number of ether oxygens (including phenoxy) is 1. The van der Waals surface area contributed by atoms with Crippen LogP contribution in [0.3, 0.4) is 0 Å². The van der Waals surface area contributed by atoms with Gasteiger partial charge in [-0.1, -0.05) is 17.7 Å². The van der Waals surface area contributed by atoms with Crippen molar-refractivity contribution in [3.63, 3.8) is 0 Å². The van der Waals surface area contributed by atoms with Gasteiger partial charge in [-0.2, -0.15) is 0 Å². The van der Waals surface area contributed by atoms with E-state index in [0.717, 1.165) is 38.8 Å². The van der Waals surface area contributed by atoms with Crippen molar-refractivity contribution in [2.24, 2.45) is 0 Å². The second-order valence-electron chi connectivity index (χ2n) is 7.35. The molecule has 0 saturated carbocycles. The molecule has 5 nitrogen and oxygen atoms in total. The molecule has 3 rings (SSSR count). The fourth-order valence-electron chi connectivity index (χ4n) is 3.37. The Labute approximate surface area is 176 Å². The van der Waals surface area contributed by atoms with E-state index in [2.05, 4.69) is 24.4 Å². The summed E-state index contributed by atoms with van der Waals surface area (Å²) in [5.41, 5.74) is 6.28. The van der Waals surface area contributed by atoms with Crippen molar-refractivity contribution < 1.29 is 9.53 Å². The molecule has 0 bridgehead atoms. The first-order chi connectivity index (χ1) is 13.9. The van der Waals surface area contributed by atoms with Gasteiger partial charge < -0.3 is 10.1 Å². The Morgan fingerprint density at radius 3 is 2.41 bits per heavy atom. The number of rotatable bonds is 7. The van der Waals surface area contributed by atoms with Crippen LogP contribution in [0.2, 0.25) is 0 Å². The van der Waals surface area contributed by atoms with Crippen LogP contribution in [-0.2, 0) is 11.3 Å². The third-order valence-electron chi connectivity index (χ3n) is 4.70. The van der Waals surface area contributed by atoms with E-state index in [1.165, 1.54) is 5.56 Å². The minimum absolute atomic E-state index is 0.0190. The maximum Gasteiger partial charge on any atom is 0.238 e. The quantitative estimate of drug-likeness (QED) is 0.608. The zero-order valence-corrected chi connectivity index (χ0v) is 18.4. The molecule has 1 N–H and O–H groups in total. The van der Waals surface area contributed by atoms with Crippen LogP contribution in [0.25, 0.3) is 11.3 Å². The fraction of sp³-hybridized carbons (Fsp3) is 0.304. The summed E-state index contributed by atoms with van der Waals surface area (Å²) in [5, 5.41) is 6.08. The van der Waals surface area contributed by atoms with E-state index in [1.807, 2.05) is 55.4 Å². The molecule has 0 saturated heterocycles. The Kier molecular flexibility index (Phi) is 6.67. The molecule has 2 aromatic carbocycles. The Bertz CT molecular complexity index is 973. The van der Waals surface area contributed by atoms with Gasteiger partial charge >= 0.3 is 0 Å². The molecule has 0 spiro atoms. The molecular formula is C23H27N3O2S. The summed E-state index contributed by atoms with van der Waals surface area (Å²) in [6, 6.07) is 12.0. The third-order valence-corrected chi connectivity index (χ3v) is 5.53. The third kappa shape index (κ3) is 5.43. The second kappa shape index (κ2) is 9.20. The van der Waals surface area contributed by atoms with Crippen LogP contribution in [0.5, 0.6) is 5.75 Å². The Morgan fingerprint density at radius 1 is 1.14 bits per heavy atom. The summed E-state index contributed by atoms with van der Waals surface area (Å²) >= 11 is 1.60. The van der Waals surface area contributed by atoms with Crippen LogP contribution in [0.15, 0.2) is 41.8 Å². The monoisotopic (exact) mass is 409 g/mol. The maximum atomic E-state index is 12.5. The summed E-state index contributed by atoms with van der Waals surface area (Å²) in [6.07, 6.45) is 0. The fourth-order valence-corrected chi connectivity index (χ4v) is 4.25. The summed E-state index contributed by atoms with van der Waals surface area (Å²) in [6.45, 7) is 7.04. The highest BCUT2D eigenvalue weighted by Gasteiger charge is 2.13. The molecule has 0 atom stereocenters. The number of hydrogen-bond donors (Lipinski definition) is 1. The summed E-state index contributed by atoms with van der Waals surface area (Å²) in [5.74, 6) is 0.809. The number of nitrogens with one attached hydrogen (secondary N) is 1. The first kappa shape index (κ1) is 21.0. The topological polar surface area (TPSA) is 54.5 Å². The summed E-state index contributed by atoms with van der Waals surface area (Å²) < 4.78 is 5.20. The van der Waals surface area contributed by atoms with Crippen LogP contribution in [0.1, 0.15) is 21.7 Å². The van der Waals surface area contributed by atoms with Crippen molar-refractivity contribution in [2.45, 2.75) is 27.3 Å². The minimum Gasteiger partial charge on any atom is -0.497 e. The van der Waals surface area contributed by atoms with Gasteiger partial charge in [-0.15, -0.1) is 11.3 Å². The van der Waals surface area contributed by atoms with Crippen molar-refractivity contribution in [1.82, 2.24) is 9.88 Å². The molecule has 0 aliphatic rings. The van der Waals surface area contributed by atoms with Gasteiger partial charge in [0.05, 0.1) is 25.9 Å². The van der Waals surface area contributed by atoms with E-state index < -0.39 is 0 Å². The van der Waals surface area contributed by atoms with Crippen LogP contribution in [0.4, 0.5) is 5.69 Å². The molecule has 3 aromatic rings. The molecule has 0 radical (unpaired) electrons. The lowest BCUT2D eigenvalue weighted by Gasteiger charge is -2.17. The van der Waals surface area contributed by atoms with Gasteiger partial charge in [-0.25, -0.2) is 4.98 Å². The number of thiazole rings is 1. The molecule has 6 heteroatoms. The molecule has 0 fully saturated rings. The highest BCUT2D eigenvalue weighted by atomic mass is 32.1. The zero-order valence-electron chi connectivity index (χ0n) is 17.6. The van der Waals surface area contributed by atoms with Crippen molar-refractivity contribution >= 4 is 22.9 Å². The number of benzene rings is 2. The predicted octanol–water partition coefficient (Wildman–Crippen LogP) is 4.81. The van der Waals surface area contributed by atoms with E-state index in [9.17, 15) is 4.79 Å². The number of aryl methyl sites for hydroxylation is 3. The lowest BCUT2D eigenvalue weighted by atomic mass is 10.1. The Hall–Kier alpha value is -2.70. The molecular weight excluding hydrogens is 382 g/mol. The van der Waals surface area contributed by atoms with Crippen LogP contribution >= 0.6 is 11.3 Å². The van der Waals surface area contributed by atoms with Crippen molar-refractivity contribution in [1.29, 1.82) is 0 Å². The molecule has 1 amide bonds. The lowest BCUT2D eigenvalue weighted by Crippen LogP contribution is -2.30. The first-order valence-electron chi connectivity index (χ1n) is 9.51. The van der Waals surface area contributed by atoms with Crippen molar-refractivity contribution in [3.8, 4) is 17.0 Å². The van der Waals surface area contributed by atoms with Gasteiger partial charge in [0.15, 0.2) is 0 Å². The molecule has 152 valence electrons. The smallest absolute Gasteiger partial charge is 0.238 e. The van der Waals surface area contributed by atoms with Crippen molar-refractivity contribution in [3.05, 3.63) is 63.5 Å². The number of carbonyl (C=O) groups is 1. The molecule has 0 aliphatic heterocycles. The number of amides is 1. The number of aromatic nitrogens is 1. The lowest BCUT2D eigenvalue weighted by molar-refractivity contribution is -0.117. The number of likely N-dealkylation sites (N-methyl/N-ethyl adjacent to an activating group) is 1. The number of anilines is 1. The van der Waals surface area contributed by atoms with E-state index in [4.69, 9.17) is 9.72 Å². The highest BCUT2D eigenvalue weighted by Crippen LogP contribution is 2.25. The number of nitrogens with zero attached hydrogens (tertiary/aromatic N) is 2. The second-order valence-corrected chi connectivity index (χ2v) is 8.29. The minimum atomic E-state index is -0.0190. The molecule has 0 unspecified atom stereocenters. The zero-order chi connectivity index (χ0) is 21.0. The average Bonchev–Trinajstić information content (AvgIpc) is 3.13. The molecule has 0 aliphatic carbocycles. The van der Waals surface area contributed by atoms with Gasteiger partial charge in [0, 0.05) is 16.6 Å². The van der Waals surface area contributed by atoms with Gasteiger partial charge in [0.2, 0.25) is 5.91 Å². The molecule has 29 heavy (non-hydrogen) atoms. The largest absolute Gasteiger partial charge is 0.497 e. The standard InChI is InChI=1S/C23H27N3O2S/c1-15-10-16(2)23(17(3)11-15)25-21(27)12-26(4)13-22-24-20(14-29-22)18-6-8-19(28-5)9-7-18/h6-11,14H,12-13H2,1-5H3,(H,25,27). The predicted molar refractivity (Wildman–Crippen MR) is 120 cm³/mol. The Balaban J connectivity index is 1.59. The van der Waals surface area contributed by atoms with E-state index in [0.29, 0.717) is 13.1 Å². The molecule has 1 heterocycles. The van der Waals surface area contributed by atoms with E-state index in [1.54, 1.807) is 18.4 Å². The first-order valence-corrected chi connectivity index (χ1v) is 10.4. The van der Waals surface area contributed by atoms with E-state index >= 15 is 0 Å². The summed E-state index contributed by atoms with van der Waals surface area (Å²) in [7, 11) is 3.59. The number of carbonyl (C=O) groups excluding carboxylic acids is 1. The van der Waals surface area contributed by atoms with Crippen LogP contribution in [0, 0.1) is 20.8 Å². The van der Waals surface area contributed by atoms with Crippen LogP contribution < -0.4 is 10.1 Å². The van der Waals surface area contributed by atoms with Gasteiger partial charge in [0.25, 0.3) is 0 Å². The summed E-state index contributed by atoms with van der Waals surface area (Å²) in [4.78, 5) is 19.2. The highest BCUT2D eigenvalue weighted by molar-refractivity contribution is 7.09. The van der Waals surface area contributed by atoms with Gasteiger partial charge in [-0.05, 0) is 63.2 Å². The maximum absolute atomic E-state index is 12.5. The van der Waals surface area contributed by atoms with Gasteiger partial charge in [0.1, 0.15) is 10.8 Å².